The molecule has 2 rings (SSSR count). The van der Waals surface area contributed by atoms with E-state index in [1.165, 1.54) is 12.1 Å². The van der Waals surface area contributed by atoms with E-state index in [2.05, 4.69) is 12.2 Å². The largest absolute Gasteiger partial charge is 0.397 e. The molecule has 0 heterocycles. The van der Waals surface area contributed by atoms with Gasteiger partial charge in [-0.2, -0.15) is 0 Å². The lowest BCUT2D eigenvalue weighted by molar-refractivity contribution is 0.00502. The average Bonchev–Trinajstić information content (AvgIpc) is 2.36. The number of nitrogens with two attached hydrogens (primary N) is 1. The van der Waals surface area contributed by atoms with E-state index in [0.717, 1.165) is 25.7 Å². The van der Waals surface area contributed by atoms with Crippen LogP contribution in [0.1, 0.15) is 32.6 Å². The van der Waals surface area contributed by atoms with E-state index >= 15 is 0 Å². The summed E-state index contributed by atoms with van der Waals surface area (Å²) in [6, 6.07) is 2.65. The van der Waals surface area contributed by atoms with Gasteiger partial charge in [-0.25, -0.2) is 4.39 Å². The van der Waals surface area contributed by atoms with Crippen molar-refractivity contribution in [2.75, 3.05) is 17.6 Å². The molecule has 1 fully saturated rings. The van der Waals surface area contributed by atoms with Gasteiger partial charge in [-0.1, -0.05) is 18.5 Å². The maximum absolute atomic E-state index is 13.2. The van der Waals surface area contributed by atoms with Crippen LogP contribution in [0.5, 0.6) is 0 Å². The minimum atomic E-state index is -0.709. The van der Waals surface area contributed by atoms with Gasteiger partial charge in [-0.3, -0.25) is 0 Å². The number of hydrogen-bond donors (Lipinski definition) is 3. The van der Waals surface area contributed by atoms with E-state index in [0.29, 0.717) is 23.8 Å². The SMILES string of the molecule is CC1CCC(O)(CNc2cc(Cl)c(F)cc2N)CC1. The van der Waals surface area contributed by atoms with Crippen LogP contribution in [0, 0.1) is 11.7 Å². The molecule has 5 heteroatoms. The highest BCUT2D eigenvalue weighted by Gasteiger charge is 2.31. The summed E-state index contributed by atoms with van der Waals surface area (Å²) >= 11 is 5.73. The summed E-state index contributed by atoms with van der Waals surface area (Å²) in [7, 11) is 0. The van der Waals surface area contributed by atoms with E-state index < -0.39 is 11.4 Å². The Kier molecular flexibility index (Phi) is 4.21. The second kappa shape index (κ2) is 5.55. The Bertz CT molecular complexity index is 459. The van der Waals surface area contributed by atoms with Crippen molar-refractivity contribution in [3.8, 4) is 0 Å². The van der Waals surface area contributed by atoms with Crippen LogP contribution in [-0.4, -0.2) is 17.3 Å². The normalized spacial score (nSPS) is 27.3. The first-order chi connectivity index (χ1) is 8.89. The summed E-state index contributed by atoms with van der Waals surface area (Å²) in [5.74, 6) is 0.139. The van der Waals surface area contributed by atoms with E-state index in [4.69, 9.17) is 17.3 Å². The van der Waals surface area contributed by atoms with E-state index in [9.17, 15) is 9.50 Å². The average molecular weight is 287 g/mol. The van der Waals surface area contributed by atoms with Gasteiger partial charge >= 0.3 is 0 Å². The molecule has 106 valence electrons. The monoisotopic (exact) mass is 286 g/mol. The van der Waals surface area contributed by atoms with Crippen LogP contribution in [0.25, 0.3) is 0 Å². The highest BCUT2D eigenvalue weighted by atomic mass is 35.5. The minimum absolute atomic E-state index is 0.0287. The third-order valence-electron chi connectivity index (χ3n) is 3.91. The zero-order valence-electron chi connectivity index (χ0n) is 11.0. The van der Waals surface area contributed by atoms with E-state index in [-0.39, 0.29) is 5.02 Å². The predicted molar refractivity (Wildman–Crippen MR) is 76.9 cm³/mol. The van der Waals surface area contributed by atoms with Crippen molar-refractivity contribution in [1.82, 2.24) is 0 Å². The van der Waals surface area contributed by atoms with Crippen molar-refractivity contribution in [3.63, 3.8) is 0 Å². The fraction of sp³-hybridized carbons (Fsp3) is 0.571. The quantitative estimate of drug-likeness (QED) is 0.746. The summed E-state index contributed by atoms with van der Waals surface area (Å²) in [6.45, 7) is 2.61. The van der Waals surface area contributed by atoms with Gasteiger partial charge in [0.25, 0.3) is 0 Å². The number of aliphatic hydroxyl groups is 1. The molecule has 3 nitrogen and oxygen atoms in total. The molecular weight excluding hydrogens is 267 g/mol. The zero-order chi connectivity index (χ0) is 14.0. The Morgan fingerprint density at radius 3 is 2.74 bits per heavy atom. The fourth-order valence-electron chi connectivity index (χ4n) is 2.45. The lowest BCUT2D eigenvalue weighted by Gasteiger charge is -2.35. The van der Waals surface area contributed by atoms with Crippen LogP contribution in [0.3, 0.4) is 0 Å². The maximum Gasteiger partial charge on any atom is 0.143 e. The van der Waals surface area contributed by atoms with Crippen molar-refractivity contribution in [3.05, 3.63) is 23.0 Å². The molecule has 0 aliphatic heterocycles. The van der Waals surface area contributed by atoms with Crippen molar-refractivity contribution in [2.45, 2.75) is 38.2 Å². The van der Waals surface area contributed by atoms with Gasteiger partial charge < -0.3 is 16.2 Å². The molecule has 4 N–H and O–H groups in total. The van der Waals surface area contributed by atoms with Crippen molar-refractivity contribution in [2.24, 2.45) is 5.92 Å². The second-order valence-electron chi connectivity index (χ2n) is 5.61. The molecule has 0 amide bonds. The first kappa shape index (κ1) is 14.4. The lowest BCUT2D eigenvalue weighted by Crippen LogP contribution is -2.40. The predicted octanol–water partition coefficient (Wildman–Crippen LogP) is 3.41. The summed E-state index contributed by atoms with van der Waals surface area (Å²) in [5.41, 5.74) is 5.89. The molecule has 1 saturated carbocycles. The molecule has 0 unspecified atom stereocenters. The number of benzene rings is 1. The molecule has 19 heavy (non-hydrogen) atoms. The molecule has 0 atom stereocenters. The first-order valence-corrected chi connectivity index (χ1v) is 6.98. The number of nitrogens with one attached hydrogen (secondary N) is 1. The molecular formula is C14H20ClFN2O. The van der Waals surface area contributed by atoms with Gasteiger partial charge in [-0.05, 0) is 37.7 Å². The minimum Gasteiger partial charge on any atom is -0.397 e. The highest BCUT2D eigenvalue weighted by molar-refractivity contribution is 6.31. The Balaban J connectivity index is 2.01. The van der Waals surface area contributed by atoms with Gasteiger partial charge in [0.2, 0.25) is 0 Å². The van der Waals surface area contributed by atoms with Crippen LogP contribution in [-0.2, 0) is 0 Å². The molecule has 0 bridgehead atoms. The van der Waals surface area contributed by atoms with Crippen LogP contribution in [0.15, 0.2) is 12.1 Å². The number of hydrogen-bond acceptors (Lipinski definition) is 3. The zero-order valence-corrected chi connectivity index (χ0v) is 11.8. The standard InChI is InChI=1S/C14H20ClFN2O/c1-9-2-4-14(19,5-3-9)8-18-13-6-10(15)11(16)7-12(13)17/h6-7,9,18-19H,2-5,8,17H2,1H3. The number of nitrogen functional groups attached to an aromatic ring is 1. The number of halogens is 2. The highest BCUT2D eigenvalue weighted by Crippen LogP contribution is 2.33. The van der Waals surface area contributed by atoms with Gasteiger partial charge in [0.15, 0.2) is 0 Å². The van der Waals surface area contributed by atoms with Gasteiger partial charge in [0.1, 0.15) is 5.82 Å². The molecule has 0 spiro atoms. The first-order valence-electron chi connectivity index (χ1n) is 6.60. The molecule has 0 aromatic heterocycles. The van der Waals surface area contributed by atoms with Crippen molar-refractivity contribution in [1.29, 1.82) is 0 Å². The van der Waals surface area contributed by atoms with Crippen molar-refractivity contribution < 1.29 is 9.50 Å². The summed E-state index contributed by atoms with van der Waals surface area (Å²) in [4.78, 5) is 0. The Morgan fingerprint density at radius 1 is 1.47 bits per heavy atom. The maximum atomic E-state index is 13.2. The summed E-state index contributed by atoms with van der Waals surface area (Å²) in [6.07, 6.45) is 3.60. The summed E-state index contributed by atoms with van der Waals surface area (Å²) < 4.78 is 13.2. The van der Waals surface area contributed by atoms with Crippen LogP contribution in [0.4, 0.5) is 15.8 Å². The van der Waals surface area contributed by atoms with Crippen LogP contribution < -0.4 is 11.1 Å². The van der Waals surface area contributed by atoms with E-state index in [1.807, 2.05) is 0 Å². The smallest absolute Gasteiger partial charge is 0.143 e. The van der Waals surface area contributed by atoms with Crippen molar-refractivity contribution >= 4 is 23.0 Å². The van der Waals surface area contributed by atoms with Crippen LogP contribution >= 0.6 is 11.6 Å². The van der Waals surface area contributed by atoms with Gasteiger partial charge in [0, 0.05) is 12.6 Å². The fourth-order valence-corrected chi connectivity index (χ4v) is 2.61. The molecule has 1 aromatic rings. The van der Waals surface area contributed by atoms with E-state index in [1.54, 1.807) is 0 Å². The third kappa shape index (κ3) is 3.51. The molecule has 1 aromatic carbocycles. The number of rotatable bonds is 3. The molecule has 0 radical (unpaired) electrons. The van der Waals surface area contributed by atoms with Crippen LogP contribution in [0.2, 0.25) is 5.02 Å². The van der Waals surface area contributed by atoms with Gasteiger partial charge in [0.05, 0.1) is 22.0 Å². The Hall–Kier alpha value is -1.00. The van der Waals surface area contributed by atoms with Gasteiger partial charge in [-0.15, -0.1) is 0 Å². The second-order valence-corrected chi connectivity index (χ2v) is 6.02. The summed E-state index contributed by atoms with van der Waals surface area (Å²) in [5, 5.41) is 13.6. The number of anilines is 2. The lowest BCUT2D eigenvalue weighted by atomic mass is 9.79. The Morgan fingerprint density at radius 2 is 2.11 bits per heavy atom. The molecule has 1 aliphatic rings. The molecule has 0 saturated heterocycles. The topological polar surface area (TPSA) is 58.3 Å². The molecule has 1 aliphatic carbocycles. The third-order valence-corrected chi connectivity index (χ3v) is 4.19. The Labute approximate surface area is 117 Å².